The van der Waals surface area contributed by atoms with Crippen LogP contribution in [0.5, 0.6) is 5.88 Å². The molecule has 7 heteroatoms. The van der Waals surface area contributed by atoms with Crippen LogP contribution in [0.15, 0.2) is 16.7 Å². The van der Waals surface area contributed by atoms with Gasteiger partial charge in [0.05, 0.1) is 13.1 Å². The summed E-state index contributed by atoms with van der Waals surface area (Å²) in [4.78, 5) is 10.9. The normalized spacial score (nSPS) is 15.5. The minimum atomic E-state index is -0.177. The first-order valence-corrected chi connectivity index (χ1v) is 6.88. The average Bonchev–Trinajstić information content (AvgIpc) is 2.95. The smallest absolute Gasteiger partial charge is 0.246 e. The fourth-order valence-electron chi connectivity index (χ4n) is 2.18. The molecule has 0 unspecified atom stereocenters. The average molecular weight is 290 g/mol. The van der Waals surface area contributed by atoms with Crippen LogP contribution in [-0.4, -0.2) is 35.4 Å². The Labute approximate surface area is 122 Å². The molecule has 0 aliphatic carbocycles. The van der Waals surface area contributed by atoms with Crippen LogP contribution in [0, 0.1) is 6.92 Å². The molecule has 0 saturated heterocycles. The number of hydrogen-bond acceptors (Lipinski definition) is 7. The predicted molar refractivity (Wildman–Crippen MR) is 75.2 cm³/mol. The summed E-state index contributed by atoms with van der Waals surface area (Å²) >= 11 is 0. The highest BCUT2D eigenvalue weighted by Crippen LogP contribution is 2.30. The van der Waals surface area contributed by atoms with E-state index in [2.05, 4.69) is 20.0 Å². The Balaban J connectivity index is 1.79. The molecule has 2 aromatic rings. The quantitative estimate of drug-likeness (QED) is 0.851. The van der Waals surface area contributed by atoms with Gasteiger partial charge in [-0.1, -0.05) is 5.16 Å². The molecule has 1 aliphatic heterocycles. The summed E-state index contributed by atoms with van der Waals surface area (Å²) in [5, 5.41) is 3.94. The van der Waals surface area contributed by atoms with Gasteiger partial charge in [0.2, 0.25) is 11.8 Å². The minimum absolute atomic E-state index is 0.177. The molecule has 0 spiro atoms. The van der Waals surface area contributed by atoms with Crippen molar-refractivity contribution in [2.24, 2.45) is 0 Å². The van der Waals surface area contributed by atoms with E-state index in [4.69, 9.17) is 14.0 Å². The Morgan fingerprint density at radius 3 is 3.05 bits per heavy atom. The molecular formula is C14H18N4O3. The molecular weight excluding hydrogens is 272 g/mol. The lowest BCUT2D eigenvalue weighted by Gasteiger charge is -2.29. The van der Waals surface area contributed by atoms with Crippen LogP contribution in [-0.2, 0) is 11.3 Å². The Hall–Kier alpha value is -2.15. The number of aromatic nitrogens is 3. The first-order chi connectivity index (χ1) is 10.2. The van der Waals surface area contributed by atoms with Crippen LogP contribution in [0.4, 0.5) is 5.69 Å². The van der Waals surface area contributed by atoms with Crippen molar-refractivity contribution in [2.45, 2.75) is 26.5 Å². The molecule has 3 heterocycles. The number of fused-ring (bicyclic) bond motifs is 1. The van der Waals surface area contributed by atoms with Gasteiger partial charge in [0, 0.05) is 12.8 Å². The highest BCUT2D eigenvalue weighted by molar-refractivity contribution is 5.56. The van der Waals surface area contributed by atoms with Crippen LogP contribution < -0.4 is 9.64 Å². The van der Waals surface area contributed by atoms with Crippen LogP contribution in [0.2, 0.25) is 0 Å². The van der Waals surface area contributed by atoms with E-state index in [0.717, 1.165) is 17.9 Å². The lowest BCUT2D eigenvalue weighted by Crippen LogP contribution is -2.32. The zero-order chi connectivity index (χ0) is 14.8. The van der Waals surface area contributed by atoms with Crippen molar-refractivity contribution in [3.8, 4) is 5.88 Å². The Kier molecular flexibility index (Phi) is 3.74. The number of rotatable bonds is 4. The number of nitrogens with zero attached hydrogens (tertiary/aromatic N) is 4. The van der Waals surface area contributed by atoms with Crippen molar-refractivity contribution in [2.75, 3.05) is 25.2 Å². The molecule has 0 fully saturated rings. The van der Waals surface area contributed by atoms with E-state index in [0.29, 0.717) is 30.7 Å². The van der Waals surface area contributed by atoms with Gasteiger partial charge >= 0.3 is 0 Å². The van der Waals surface area contributed by atoms with Crippen LogP contribution in [0.1, 0.15) is 30.4 Å². The van der Waals surface area contributed by atoms with E-state index in [9.17, 15) is 0 Å². The number of methoxy groups -OCH3 is 1. The lowest BCUT2D eigenvalue weighted by atomic mass is 10.2. The molecule has 2 aromatic heterocycles. The number of hydrogen-bond donors (Lipinski definition) is 0. The summed E-state index contributed by atoms with van der Waals surface area (Å²) in [6.07, 6.45) is -0.177. The summed E-state index contributed by atoms with van der Waals surface area (Å²) in [5.41, 5.74) is 1.89. The number of aryl methyl sites for hydroxylation is 1. The molecule has 1 atom stereocenters. The van der Waals surface area contributed by atoms with Gasteiger partial charge in [-0.25, -0.2) is 4.98 Å². The second-order valence-corrected chi connectivity index (χ2v) is 4.97. The Morgan fingerprint density at radius 2 is 2.24 bits per heavy atom. The van der Waals surface area contributed by atoms with Gasteiger partial charge < -0.3 is 18.9 Å². The van der Waals surface area contributed by atoms with Gasteiger partial charge in [-0.2, -0.15) is 4.98 Å². The number of anilines is 1. The first-order valence-electron chi connectivity index (χ1n) is 6.88. The van der Waals surface area contributed by atoms with E-state index < -0.39 is 0 Å². The van der Waals surface area contributed by atoms with Crippen molar-refractivity contribution in [1.29, 1.82) is 0 Å². The van der Waals surface area contributed by atoms with Gasteiger partial charge in [-0.15, -0.1) is 0 Å². The van der Waals surface area contributed by atoms with E-state index in [1.54, 1.807) is 7.11 Å². The van der Waals surface area contributed by atoms with Crippen LogP contribution in [0.3, 0.4) is 0 Å². The number of pyridine rings is 1. The second kappa shape index (κ2) is 5.69. The molecule has 0 amide bonds. The summed E-state index contributed by atoms with van der Waals surface area (Å²) in [6, 6.07) is 3.97. The zero-order valence-corrected chi connectivity index (χ0v) is 12.4. The van der Waals surface area contributed by atoms with Crippen molar-refractivity contribution in [3.63, 3.8) is 0 Å². The largest absolute Gasteiger partial charge is 0.474 e. The van der Waals surface area contributed by atoms with Gasteiger partial charge in [-0.05, 0) is 26.0 Å². The van der Waals surface area contributed by atoms with Crippen molar-refractivity contribution >= 4 is 5.69 Å². The molecule has 112 valence electrons. The predicted octanol–water partition coefficient (Wildman–Crippen LogP) is 1.88. The van der Waals surface area contributed by atoms with Crippen LogP contribution in [0.25, 0.3) is 0 Å². The van der Waals surface area contributed by atoms with E-state index in [-0.39, 0.29) is 6.10 Å². The molecule has 7 nitrogen and oxygen atoms in total. The highest BCUT2D eigenvalue weighted by Gasteiger charge is 2.22. The monoisotopic (exact) mass is 290 g/mol. The van der Waals surface area contributed by atoms with Gasteiger partial charge in [0.15, 0.2) is 5.82 Å². The highest BCUT2D eigenvalue weighted by atomic mass is 16.5. The fourth-order valence-corrected chi connectivity index (χ4v) is 2.18. The summed E-state index contributed by atoms with van der Waals surface area (Å²) in [7, 11) is 1.62. The van der Waals surface area contributed by atoms with Gasteiger partial charge in [0.1, 0.15) is 18.4 Å². The molecule has 0 saturated carbocycles. The van der Waals surface area contributed by atoms with E-state index >= 15 is 0 Å². The summed E-state index contributed by atoms with van der Waals surface area (Å²) in [6.45, 7) is 5.71. The van der Waals surface area contributed by atoms with E-state index in [1.807, 2.05) is 26.0 Å². The Bertz CT molecular complexity index is 628. The third kappa shape index (κ3) is 2.82. The molecule has 1 aliphatic rings. The molecule has 0 bridgehead atoms. The summed E-state index contributed by atoms with van der Waals surface area (Å²) < 4.78 is 16.1. The third-order valence-corrected chi connectivity index (χ3v) is 3.45. The van der Waals surface area contributed by atoms with Gasteiger partial charge in [-0.3, -0.25) is 0 Å². The standard InChI is InChI=1S/C14H18N4O3/c1-9-4-5-11-14(15-9)20-7-6-18(11)8-12-16-13(17-21-12)10(2)19-3/h4-5,10H,6-8H2,1-3H3/t10-/m0/s1. The number of ether oxygens (including phenoxy) is 2. The SMILES string of the molecule is CO[C@@H](C)c1noc(CN2CCOc3nc(C)ccc32)n1. The third-order valence-electron chi connectivity index (χ3n) is 3.45. The summed E-state index contributed by atoms with van der Waals surface area (Å²) in [5.74, 6) is 1.77. The lowest BCUT2D eigenvalue weighted by molar-refractivity contribution is 0.109. The Morgan fingerprint density at radius 1 is 1.38 bits per heavy atom. The molecule has 0 N–H and O–H groups in total. The van der Waals surface area contributed by atoms with Crippen molar-refractivity contribution in [3.05, 3.63) is 29.5 Å². The minimum Gasteiger partial charge on any atom is -0.474 e. The van der Waals surface area contributed by atoms with Crippen molar-refractivity contribution < 1.29 is 14.0 Å². The molecule has 21 heavy (non-hydrogen) atoms. The fraction of sp³-hybridized carbons (Fsp3) is 0.500. The second-order valence-electron chi connectivity index (χ2n) is 4.97. The maximum Gasteiger partial charge on any atom is 0.246 e. The molecule has 0 aromatic carbocycles. The molecule has 3 rings (SSSR count). The van der Waals surface area contributed by atoms with Gasteiger partial charge in [0.25, 0.3) is 0 Å². The van der Waals surface area contributed by atoms with E-state index in [1.165, 1.54) is 0 Å². The first kappa shape index (κ1) is 13.8. The van der Waals surface area contributed by atoms with Crippen LogP contribution >= 0.6 is 0 Å². The molecule has 0 radical (unpaired) electrons. The van der Waals surface area contributed by atoms with Crippen molar-refractivity contribution in [1.82, 2.24) is 15.1 Å². The maximum absolute atomic E-state index is 5.59. The zero-order valence-electron chi connectivity index (χ0n) is 12.4. The maximum atomic E-state index is 5.59. The topological polar surface area (TPSA) is 73.5 Å².